The lowest BCUT2D eigenvalue weighted by Gasteiger charge is -2.18. The number of rotatable bonds is 7. The molecule has 0 radical (unpaired) electrons. The third-order valence-corrected chi connectivity index (χ3v) is 6.76. The SMILES string of the molecule is CCOC(=O)c1c(NC(=O)CSCc2ccccc2)sc2c1CC[C@@H](C)C2. The maximum atomic E-state index is 12.5. The van der Waals surface area contributed by atoms with Gasteiger partial charge in [0.25, 0.3) is 0 Å². The number of carbonyl (C=O) groups excluding carboxylic acids is 2. The molecule has 144 valence electrons. The van der Waals surface area contributed by atoms with E-state index in [1.165, 1.54) is 21.8 Å². The number of hydrogen-bond donors (Lipinski definition) is 1. The van der Waals surface area contributed by atoms with Crippen molar-refractivity contribution in [2.45, 2.75) is 38.9 Å². The van der Waals surface area contributed by atoms with Gasteiger partial charge in [0.05, 0.1) is 17.9 Å². The van der Waals surface area contributed by atoms with E-state index in [1.807, 2.05) is 18.2 Å². The normalized spacial score (nSPS) is 15.9. The monoisotopic (exact) mass is 403 g/mol. The van der Waals surface area contributed by atoms with Crippen LogP contribution in [0.25, 0.3) is 0 Å². The molecule has 0 unspecified atom stereocenters. The maximum absolute atomic E-state index is 12.5. The minimum Gasteiger partial charge on any atom is -0.462 e. The Labute approximate surface area is 168 Å². The molecule has 1 N–H and O–H groups in total. The summed E-state index contributed by atoms with van der Waals surface area (Å²) in [6.07, 6.45) is 2.90. The van der Waals surface area contributed by atoms with E-state index in [0.717, 1.165) is 30.6 Å². The smallest absolute Gasteiger partial charge is 0.341 e. The fourth-order valence-electron chi connectivity index (χ4n) is 3.26. The van der Waals surface area contributed by atoms with E-state index in [4.69, 9.17) is 4.74 Å². The second kappa shape index (κ2) is 9.42. The van der Waals surface area contributed by atoms with Gasteiger partial charge in [-0.2, -0.15) is 0 Å². The van der Waals surface area contributed by atoms with E-state index in [9.17, 15) is 9.59 Å². The van der Waals surface area contributed by atoms with Gasteiger partial charge in [-0.15, -0.1) is 23.1 Å². The molecule has 4 nitrogen and oxygen atoms in total. The minimum absolute atomic E-state index is 0.0758. The average molecular weight is 404 g/mol. The predicted octanol–water partition coefficient (Wildman–Crippen LogP) is 4.92. The van der Waals surface area contributed by atoms with Crippen LogP contribution in [0, 0.1) is 5.92 Å². The molecular weight excluding hydrogens is 378 g/mol. The summed E-state index contributed by atoms with van der Waals surface area (Å²) in [7, 11) is 0. The molecule has 1 amide bonds. The van der Waals surface area contributed by atoms with E-state index in [0.29, 0.717) is 28.8 Å². The zero-order chi connectivity index (χ0) is 19.2. The molecular formula is C21H25NO3S2. The van der Waals surface area contributed by atoms with Crippen molar-refractivity contribution in [3.8, 4) is 0 Å². The van der Waals surface area contributed by atoms with Gasteiger partial charge < -0.3 is 10.1 Å². The second-order valence-corrected chi connectivity index (χ2v) is 8.89. The number of fused-ring (bicyclic) bond motifs is 1. The first-order chi connectivity index (χ1) is 13.1. The van der Waals surface area contributed by atoms with E-state index in [2.05, 4.69) is 24.4 Å². The number of hydrogen-bond acceptors (Lipinski definition) is 5. The van der Waals surface area contributed by atoms with Gasteiger partial charge in [-0.25, -0.2) is 4.79 Å². The number of nitrogens with one attached hydrogen (secondary N) is 1. The lowest BCUT2D eigenvalue weighted by molar-refractivity contribution is -0.113. The summed E-state index contributed by atoms with van der Waals surface area (Å²) in [6, 6.07) is 10.1. The number of carbonyl (C=O) groups is 2. The number of benzene rings is 1. The highest BCUT2D eigenvalue weighted by Crippen LogP contribution is 2.40. The van der Waals surface area contributed by atoms with Crippen molar-refractivity contribution in [1.82, 2.24) is 0 Å². The van der Waals surface area contributed by atoms with Gasteiger partial charge in [-0.3, -0.25) is 4.79 Å². The van der Waals surface area contributed by atoms with E-state index >= 15 is 0 Å². The van der Waals surface area contributed by atoms with Gasteiger partial charge >= 0.3 is 5.97 Å². The first-order valence-corrected chi connectivity index (χ1v) is 11.3. The zero-order valence-electron chi connectivity index (χ0n) is 15.7. The van der Waals surface area contributed by atoms with Crippen molar-refractivity contribution in [2.24, 2.45) is 5.92 Å². The van der Waals surface area contributed by atoms with Crippen LogP contribution < -0.4 is 5.32 Å². The van der Waals surface area contributed by atoms with Gasteiger partial charge in [0.1, 0.15) is 5.00 Å². The quantitative estimate of drug-likeness (QED) is 0.667. The van der Waals surface area contributed by atoms with Gasteiger partial charge in [0.15, 0.2) is 0 Å². The molecule has 1 aliphatic carbocycles. The highest BCUT2D eigenvalue weighted by atomic mass is 32.2. The summed E-state index contributed by atoms with van der Waals surface area (Å²) in [5, 5.41) is 3.62. The topological polar surface area (TPSA) is 55.4 Å². The van der Waals surface area contributed by atoms with Crippen molar-refractivity contribution < 1.29 is 14.3 Å². The lowest BCUT2D eigenvalue weighted by atomic mass is 9.88. The Morgan fingerprint density at radius 2 is 2.07 bits per heavy atom. The number of ether oxygens (including phenoxy) is 1. The molecule has 0 aliphatic heterocycles. The van der Waals surface area contributed by atoms with Crippen molar-refractivity contribution >= 4 is 40.0 Å². The van der Waals surface area contributed by atoms with Crippen LogP contribution in [0.2, 0.25) is 0 Å². The number of amides is 1. The van der Waals surface area contributed by atoms with Crippen molar-refractivity contribution in [3.05, 3.63) is 51.9 Å². The molecule has 0 spiro atoms. The molecule has 1 atom stereocenters. The summed E-state index contributed by atoms with van der Waals surface area (Å²) in [4.78, 5) is 26.1. The maximum Gasteiger partial charge on any atom is 0.341 e. The summed E-state index contributed by atoms with van der Waals surface area (Å²) >= 11 is 3.11. The third-order valence-electron chi connectivity index (χ3n) is 4.59. The number of esters is 1. The summed E-state index contributed by atoms with van der Waals surface area (Å²) in [6.45, 7) is 4.36. The first-order valence-electron chi connectivity index (χ1n) is 9.31. The highest BCUT2D eigenvalue weighted by molar-refractivity contribution is 7.99. The molecule has 3 rings (SSSR count). The molecule has 2 aromatic rings. The van der Waals surface area contributed by atoms with Crippen LogP contribution in [0.5, 0.6) is 0 Å². The zero-order valence-corrected chi connectivity index (χ0v) is 17.4. The Morgan fingerprint density at radius 3 is 2.81 bits per heavy atom. The number of anilines is 1. The van der Waals surface area contributed by atoms with Crippen LogP contribution in [-0.4, -0.2) is 24.2 Å². The van der Waals surface area contributed by atoms with Crippen LogP contribution in [0.3, 0.4) is 0 Å². The molecule has 1 aromatic carbocycles. The van der Waals surface area contributed by atoms with Gasteiger partial charge in [-0.1, -0.05) is 37.3 Å². The first kappa shape index (κ1) is 20.0. The van der Waals surface area contributed by atoms with Crippen molar-refractivity contribution in [3.63, 3.8) is 0 Å². The molecule has 1 aromatic heterocycles. The average Bonchev–Trinajstić information content (AvgIpc) is 2.99. The lowest BCUT2D eigenvalue weighted by Crippen LogP contribution is -2.17. The van der Waals surface area contributed by atoms with Gasteiger partial charge in [0.2, 0.25) is 5.91 Å². The van der Waals surface area contributed by atoms with E-state index in [1.54, 1.807) is 18.7 Å². The van der Waals surface area contributed by atoms with E-state index < -0.39 is 0 Å². The molecule has 0 saturated heterocycles. The molecule has 0 saturated carbocycles. The Bertz CT molecular complexity index is 801. The fourth-order valence-corrected chi connectivity index (χ4v) is 5.46. The predicted molar refractivity (Wildman–Crippen MR) is 113 cm³/mol. The number of thiophene rings is 1. The molecule has 0 fully saturated rings. The van der Waals surface area contributed by atoms with Crippen LogP contribution in [0.15, 0.2) is 30.3 Å². The van der Waals surface area contributed by atoms with Crippen LogP contribution in [0.4, 0.5) is 5.00 Å². The van der Waals surface area contributed by atoms with Crippen molar-refractivity contribution in [1.29, 1.82) is 0 Å². The summed E-state index contributed by atoms with van der Waals surface area (Å²) in [5.41, 5.74) is 2.84. The standard InChI is InChI=1S/C21H25NO3S2/c1-3-25-21(24)19-16-10-9-14(2)11-17(16)27-20(19)22-18(23)13-26-12-15-7-5-4-6-8-15/h4-8,14H,3,9-13H2,1-2H3,(H,22,23)/t14-/m1/s1. The van der Waals surface area contributed by atoms with Gasteiger partial charge in [-0.05, 0) is 43.2 Å². The second-order valence-electron chi connectivity index (χ2n) is 6.80. The minimum atomic E-state index is -0.322. The largest absolute Gasteiger partial charge is 0.462 e. The van der Waals surface area contributed by atoms with Crippen molar-refractivity contribution in [2.75, 3.05) is 17.7 Å². The molecule has 0 bridgehead atoms. The molecule has 27 heavy (non-hydrogen) atoms. The van der Waals surface area contributed by atoms with E-state index in [-0.39, 0.29) is 11.9 Å². The van der Waals surface area contributed by atoms with Crippen LogP contribution in [0.1, 0.15) is 46.6 Å². The third kappa shape index (κ3) is 5.14. The summed E-state index contributed by atoms with van der Waals surface area (Å²) in [5.74, 6) is 1.36. The number of thioether (sulfide) groups is 1. The Balaban J connectivity index is 1.67. The fraction of sp³-hybridized carbons (Fsp3) is 0.429. The Kier molecular flexibility index (Phi) is 6.96. The molecule has 1 aliphatic rings. The molecule has 6 heteroatoms. The Morgan fingerprint density at radius 1 is 1.30 bits per heavy atom. The highest BCUT2D eigenvalue weighted by Gasteiger charge is 2.29. The summed E-state index contributed by atoms with van der Waals surface area (Å²) < 4.78 is 5.25. The van der Waals surface area contributed by atoms with Gasteiger partial charge in [0, 0.05) is 10.6 Å². The van der Waals surface area contributed by atoms with Crippen LogP contribution >= 0.6 is 23.1 Å². The molecule has 1 heterocycles. The Hall–Kier alpha value is -1.79. The van der Waals surface area contributed by atoms with Crippen LogP contribution in [-0.2, 0) is 28.1 Å².